The first-order valence-electron chi connectivity index (χ1n) is 6.24. The number of unbranched alkanes of at least 4 members (excludes halogenated alkanes) is 5. The van der Waals surface area contributed by atoms with Crippen LogP contribution < -0.4 is 11.1 Å². The monoisotopic (exact) mass is 200 g/mol. The first kappa shape index (κ1) is 13.9. The van der Waals surface area contributed by atoms with Crippen molar-refractivity contribution in [3.05, 3.63) is 0 Å². The lowest BCUT2D eigenvalue weighted by atomic mass is 10.1. The number of hydrogen-bond acceptors (Lipinski definition) is 2. The molecule has 0 aromatic heterocycles. The molecule has 2 nitrogen and oxygen atoms in total. The third-order valence-corrected chi connectivity index (χ3v) is 2.62. The van der Waals surface area contributed by atoms with Crippen LogP contribution in [0, 0.1) is 0 Å². The topological polar surface area (TPSA) is 38.0 Å². The molecule has 0 heterocycles. The number of rotatable bonds is 10. The summed E-state index contributed by atoms with van der Waals surface area (Å²) < 4.78 is 0. The lowest BCUT2D eigenvalue weighted by Crippen LogP contribution is -2.29. The van der Waals surface area contributed by atoms with Crippen molar-refractivity contribution in [1.82, 2.24) is 5.32 Å². The third-order valence-electron chi connectivity index (χ3n) is 2.62. The van der Waals surface area contributed by atoms with Gasteiger partial charge in [0.2, 0.25) is 0 Å². The van der Waals surface area contributed by atoms with E-state index < -0.39 is 0 Å². The summed E-state index contributed by atoms with van der Waals surface area (Å²) >= 11 is 0. The van der Waals surface area contributed by atoms with E-state index in [2.05, 4.69) is 19.2 Å². The van der Waals surface area contributed by atoms with E-state index in [-0.39, 0.29) is 0 Å². The average Bonchev–Trinajstić information content (AvgIpc) is 2.17. The van der Waals surface area contributed by atoms with Gasteiger partial charge in [-0.2, -0.15) is 0 Å². The highest BCUT2D eigenvalue weighted by molar-refractivity contribution is 4.60. The third kappa shape index (κ3) is 10.0. The first-order chi connectivity index (χ1) is 6.81. The second-order valence-corrected chi connectivity index (χ2v) is 4.20. The van der Waals surface area contributed by atoms with Gasteiger partial charge in [0.1, 0.15) is 0 Å². The fourth-order valence-electron chi connectivity index (χ4n) is 1.61. The molecule has 0 aliphatic heterocycles. The van der Waals surface area contributed by atoms with E-state index >= 15 is 0 Å². The Morgan fingerprint density at radius 2 is 1.71 bits per heavy atom. The van der Waals surface area contributed by atoms with Crippen LogP contribution in [0.5, 0.6) is 0 Å². The van der Waals surface area contributed by atoms with Crippen molar-refractivity contribution < 1.29 is 0 Å². The molecule has 0 saturated heterocycles. The van der Waals surface area contributed by atoms with Crippen molar-refractivity contribution in [2.75, 3.05) is 13.1 Å². The highest BCUT2D eigenvalue weighted by Crippen LogP contribution is 2.04. The summed E-state index contributed by atoms with van der Waals surface area (Å²) in [6.07, 6.45) is 9.34. The van der Waals surface area contributed by atoms with Crippen LogP contribution in [-0.2, 0) is 0 Å². The van der Waals surface area contributed by atoms with Crippen LogP contribution in [-0.4, -0.2) is 19.1 Å². The number of hydrogen-bond donors (Lipinski definition) is 2. The summed E-state index contributed by atoms with van der Waals surface area (Å²) in [6.45, 7) is 6.43. The minimum absolute atomic E-state index is 0.593. The van der Waals surface area contributed by atoms with Crippen molar-refractivity contribution >= 4 is 0 Å². The molecule has 0 bridgehead atoms. The van der Waals surface area contributed by atoms with E-state index in [1.807, 2.05) is 0 Å². The summed E-state index contributed by atoms with van der Waals surface area (Å²) in [5.74, 6) is 0. The standard InChI is InChI=1S/C12H28N2/c1-3-4-5-6-7-8-11-14-12(2)9-10-13/h12,14H,3-11,13H2,1-2H3. The SMILES string of the molecule is CCCCCCCCNC(C)CCN. The highest BCUT2D eigenvalue weighted by Gasteiger charge is 1.97. The van der Waals surface area contributed by atoms with E-state index in [0.717, 1.165) is 19.5 Å². The van der Waals surface area contributed by atoms with Gasteiger partial charge in [-0.25, -0.2) is 0 Å². The maximum atomic E-state index is 5.47. The molecule has 0 fully saturated rings. The largest absolute Gasteiger partial charge is 0.330 e. The van der Waals surface area contributed by atoms with E-state index in [9.17, 15) is 0 Å². The second-order valence-electron chi connectivity index (χ2n) is 4.20. The molecule has 0 aromatic carbocycles. The van der Waals surface area contributed by atoms with Crippen molar-refractivity contribution in [3.8, 4) is 0 Å². The van der Waals surface area contributed by atoms with Gasteiger partial charge in [-0.15, -0.1) is 0 Å². The van der Waals surface area contributed by atoms with Crippen LogP contribution >= 0.6 is 0 Å². The smallest absolute Gasteiger partial charge is 0.00507 e. The Kier molecular flexibility index (Phi) is 10.9. The molecule has 0 saturated carbocycles. The van der Waals surface area contributed by atoms with Crippen LogP contribution in [0.15, 0.2) is 0 Å². The number of nitrogens with one attached hydrogen (secondary N) is 1. The quantitative estimate of drug-likeness (QED) is 0.532. The van der Waals surface area contributed by atoms with Crippen LogP contribution in [0.25, 0.3) is 0 Å². The Balaban J connectivity index is 2.98. The maximum Gasteiger partial charge on any atom is 0.00507 e. The molecule has 1 atom stereocenters. The minimum Gasteiger partial charge on any atom is -0.330 e. The fraction of sp³-hybridized carbons (Fsp3) is 1.00. The summed E-state index contributed by atoms with van der Waals surface area (Å²) in [4.78, 5) is 0. The van der Waals surface area contributed by atoms with Crippen LogP contribution in [0.4, 0.5) is 0 Å². The zero-order chi connectivity index (χ0) is 10.6. The molecule has 3 N–H and O–H groups in total. The van der Waals surface area contributed by atoms with Crippen molar-refractivity contribution in [1.29, 1.82) is 0 Å². The molecule has 0 amide bonds. The van der Waals surface area contributed by atoms with Gasteiger partial charge in [-0.05, 0) is 32.9 Å². The molecule has 0 rings (SSSR count). The van der Waals surface area contributed by atoms with E-state index in [0.29, 0.717) is 6.04 Å². The molecular formula is C12H28N2. The molecule has 1 unspecified atom stereocenters. The van der Waals surface area contributed by atoms with Gasteiger partial charge in [0.25, 0.3) is 0 Å². The molecule has 0 aliphatic rings. The van der Waals surface area contributed by atoms with E-state index in [1.54, 1.807) is 0 Å². The van der Waals surface area contributed by atoms with Gasteiger partial charge in [-0.3, -0.25) is 0 Å². The van der Waals surface area contributed by atoms with E-state index in [1.165, 1.54) is 38.5 Å². The summed E-state index contributed by atoms with van der Waals surface area (Å²) in [7, 11) is 0. The molecule has 0 radical (unpaired) electrons. The molecule has 0 spiro atoms. The van der Waals surface area contributed by atoms with Gasteiger partial charge in [-0.1, -0.05) is 39.0 Å². The van der Waals surface area contributed by atoms with Crippen LogP contribution in [0.3, 0.4) is 0 Å². The molecule has 0 aromatic rings. The minimum atomic E-state index is 0.593. The van der Waals surface area contributed by atoms with Crippen LogP contribution in [0.2, 0.25) is 0 Å². The summed E-state index contributed by atoms with van der Waals surface area (Å²) in [5, 5.41) is 3.49. The van der Waals surface area contributed by atoms with Gasteiger partial charge in [0.05, 0.1) is 0 Å². The molecule has 2 heteroatoms. The Hall–Kier alpha value is -0.0800. The fourth-order valence-corrected chi connectivity index (χ4v) is 1.61. The average molecular weight is 200 g/mol. The lowest BCUT2D eigenvalue weighted by molar-refractivity contribution is 0.495. The van der Waals surface area contributed by atoms with Crippen molar-refractivity contribution in [2.24, 2.45) is 5.73 Å². The van der Waals surface area contributed by atoms with Crippen LogP contribution in [0.1, 0.15) is 58.8 Å². The van der Waals surface area contributed by atoms with Gasteiger partial charge < -0.3 is 11.1 Å². The Morgan fingerprint density at radius 1 is 1.07 bits per heavy atom. The Labute approximate surface area is 89.6 Å². The van der Waals surface area contributed by atoms with Crippen molar-refractivity contribution in [2.45, 2.75) is 64.8 Å². The Morgan fingerprint density at radius 3 is 2.36 bits per heavy atom. The van der Waals surface area contributed by atoms with Gasteiger partial charge in [0, 0.05) is 6.04 Å². The Bertz CT molecular complexity index is 104. The maximum absolute atomic E-state index is 5.47. The molecular weight excluding hydrogens is 172 g/mol. The van der Waals surface area contributed by atoms with Gasteiger partial charge in [0.15, 0.2) is 0 Å². The zero-order valence-electron chi connectivity index (χ0n) is 10.0. The number of nitrogens with two attached hydrogens (primary N) is 1. The molecule has 0 aliphatic carbocycles. The predicted octanol–water partition coefficient (Wildman–Crippen LogP) is 2.67. The lowest BCUT2D eigenvalue weighted by Gasteiger charge is -2.11. The van der Waals surface area contributed by atoms with Crippen molar-refractivity contribution in [3.63, 3.8) is 0 Å². The first-order valence-corrected chi connectivity index (χ1v) is 6.24. The highest BCUT2D eigenvalue weighted by atomic mass is 14.9. The normalized spacial score (nSPS) is 13.1. The predicted molar refractivity (Wildman–Crippen MR) is 64.5 cm³/mol. The summed E-state index contributed by atoms with van der Waals surface area (Å²) in [6, 6.07) is 0.593. The van der Waals surface area contributed by atoms with E-state index in [4.69, 9.17) is 5.73 Å². The molecule has 14 heavy (non-hydrogen) atoms. The molecule has 86 valence electrons. The van der Waals surface area contributed by atoms with Gasteiger partial charge >= 0.3 is 0 Å². The summed E-state index contributed by atoms with van der Waals surface area (Å²) in [5.41, 5.74) is 5.47. The second kappa shape index (κ2) is 11.0. The zero-order valence-corrected chi connectivity index (χ0v) is 10.0.